The number of hydrogen-bond donors (Lipinski definition) is 3. The van der Waals surface area contributed by atoms with Crippen molar-refractivity contribution in [1.82, 2.24) is 14.8 Å². The molecule has 1 aromatic heterocycles. The van der Waals surface area contributed by atoms with Crippen molar-refractivity contribution in [1.29, 1.82) is 0 Å². The summed E-state index contributed by atoms with van der Waals surface area (Å²) in [6, 6.07) is 4.24. The first kappa shape index (κ1) is 27.7. The monoisotopic (exact) mass is 554 g/mol. The van der Waals surface area contributed by atoms with Crippen LogP contribution in [0.25, 0.3) is 0 Å². The third kappa shape index (κ3) is 6.86. The molecule has 2 heterocycles. The lowest BCUT2D eigenvalue weighted by Crippen LogP contribution is -2.37. The number of carbonyl (C=O) groups excluding carboxylic acids is 4. The fourth-order valence-corrected chi connectivity index (χ4v) is 4.79. The quantitative estimate of drug-likeness (QED) is 0.496. The standard InChI is InChI=1S/C23H28Cl2N6O4S/c1-23(2,3)21-28-18(19(36-21)29-22(35)27-14-6-4-5-13(24)17(14)25)20(34)31-10-8-16(33)30(11-12-31)9-7-15(26)32/h4-6H,7-12H2,1-3H3,(H2,26,32)(H2,27,29,35). The number of urea groups is 1. The van der Waals surface area contributed by atoms with Crippen LogP contribution >= 0.6 is 34.5 Å². The molecular weight excluding hydrogens is 527 g/mol. The first-order valence-electron chi connectivity index (χ1n) is 11.3. The Bertz CT molecular complexity index is 1180. The number of nitrogens with zero attached hydrogens (tertiary/aromatic N) is 3. The molecule has 0 atom stereocenters. The fraction of sp³-hybridized carbons (Fsp3) is 0.435. The van der Waals surface area contributed by atoms with Crippen LogP contribution in [0.1, 0.15) is 49.1 Å². The maximum absolute atomic E-state index is 13.5. The number of rotatable bonds is 6. The molecule has 0 aliphatic carbocycles. The highest BCUT2D eigenvalue weighted by atomic mass is 35.5. The molecule has 1 aliphatic heterocycles. The molecule has 1 saturated heterocycles. The number of thiazole rings is 1. The average Bonchev–Trinajstić information content (AvgIpc) is 3.12. The SMILES string of the molecule is CC(C)(C)c1nc(C(=O)N2CCC(=O)N(CCC(N)=O)CC2)c(NC(=O)Nc2cccc(Cl)c2Cl)s1. The molecule has 1 aliphatic rings. The van der Waals surface area contributed by atoms with E-state index in [0.717, 1.165) is 0 Å². The van der Waals surface area contributed by atoms with Gasteiger partial charge in [-0.15, -0.1) is 0 Å². The van der Waals surface area contributed by atoms with Crippen LogP contribution in [0.5, 0.6) is 0 Å². The highest BCUT2D eigenvalue weighted by Crippen LogP contribution is 2.34. The summed E-state index contributed by atoms with van der Waals surface area (Å²) in [4.78, 5) is 57.4. The maximum Gasteiger partial charge on any atom is 0.324 e. The van der Waals surface area contributed by atoms with E-state index in [4.69, 9.17) is 28.9 Å². The van der Waals surface area contributed by atoms with Crippen molar-refractivity contribution in [2.75, 3.05) is 36.8 Å². The summed E-state index contributed by atoms with van der Waals surface area (Å²) in [6.45, 7) is 6.79. The molecule has 2 aromatic rings. The molecule has 36 heavy (non-hydrogen) atoms. The predicted octanol–water partition coefficient (Wildman–Crippen LogP) is 3.94. The number of anilines is 2. The van der Waals surface area contributed by atoms with Crippen LogP contribution < -0.4 is 16.4 Å². The van der Waals surface area contributed by atoms with E-state index in [1.165, 1.54) is 21.1 Å². The number of aromatic nitrogens is 1. The number of primary amides is 1. The molecule has 10 nitrogen and oxygen atoms in total. The Hall–Kier alpha value is -2.89. The smallest absolute Gasteiger partial charge is 0.324 e. The van der Waals surface area contributed by atoms with E-state index < -0.39 is 17.8 Å². The van der Waals surface area contributed by atoms with Gasteiger partial charge in [0.05, 0.1) is 15.7 Å². The molecule has 0 saturated carbocycles. The summed E-state index contributed by atoms with van der Waals surface area (Å²) in [5.41, 5.74) is 5.24. The van der Waals surface area contributed by atoms with Crippen LogP contribution in [0, 0.1) is 0 Å². The number of nitrogens with one attached hydrogen (secondary N) is 2. The van der Waals surface area contributed by atoms with Crippen LogP contribution in [0.3, 0.4) is 0 Å². The Labute approximate surface area is 223 Å². The molecule has 194 valence electrons. The Morgan fingerprint density at radius 2 is 1.86 bits per heavy atom. The minimum atomic E-state index is -0.610. The normalized spacial score (nSPS) is 14.4. The third-order valence-corrected chi connectivity index (χ3v) is 7.62. The van der Waals surface area contributed by atoms with Crippen LogP contribution in [0.4, 0.5) is 15.5 Å². The third-order valence-electron chi connectivity index (χ3n) is 5.40. The lowest BCUT2D eigenvalue weighted by molar-refractivity contribution is -0.130. The van der Waals surface area contributed by atoms with Gasteiger partial charge in [0.15, 0.2) is 5.69 Å². The Morgan fingerprint density at radius 1 is 1.14 bits per heavy atom. The minimum Gasteiger partial charge on any atom is -0.370 e. The van der Waals surface area contributed by atoms with Crippen molar-refractivity contribution in [2.24, 2.45) is 5.73 Å². The van der Waals surface area contributed by atoms with Crippen LogP contribution in [-0.4, -0.2) is 64.7 Å². The highest BCUT2D eigenvalue weighted by molar-refractivity contribution is 7.16. The summed E-state index contributed by atoms with van der Waals surface area (Å²) in [7, 11) is 0. The molecule has 13 heteroatoms. The van der Waals surface area contributed by atoms with Gasteiger partial charge >= 0.3 is 6.03 Å². The molecule has 0 radical (unpaired) electrons. The van der Waals surface area contributed by atoms with E-state index >= 15 is 0 Å². The van der Waals surface area contributed by atoms with Gasteiger partial charge in [0.25, 0.3) is 5.91 Å². The minimum absolute atomic E-state index is 0.0561. The second-order valence-corrected chi connectivity index (χ2v) is 11.1. The van der Waals surface area contributed by atoms with Crippen molar-refractivity contribution in [3.63, 3.8) is 0 Å². The van der Waals surface area contributed by atoms with Gasteiger partial charge in [-0.3, -0.25) is 19.7 Å². The van der Waals surface area contributed by atoms with E-state index in [1.54, 1.807) is 18.2 Å². The second-order valence-electron chi connectivity index (χ2n) is 9.27. The number of benzene rings is 1. The van der Waals surface area contributed by atoms with Gasteiger partial charge < -0.3 is 20.9 Å². The largest absolute Gasteiger partial charge is 0.370 e. The zero-order chi connectivity index (χ0) is 26.6. The first-order valence-corrected chi connectivity index (χ1v) is 12.8. The number of nitrogens with two attached hydrogens (primary N) is 1. The van der Waals surface area contributed by atoms with Crippen molar-refractivity contribution in [2.45, 2.75) is 39.0 Å². The highest BCUT2D eigenvalue weighted by Gasteiger charge is 2.31. The van der Waals surface area contributed by atoms with Gasteiger partial charge in [-0.25, -0.2) is 9.78 Å². The number of hydrogen-bond acceptors (Lipinski definition) is 6. The van der Waals surface area contributed by atoms with Crippen LogP contribution in [0.2, 0.25) is 10.0 Å². The summed E-state index contributed by atoms with van der Waals surface area (Å²) in [5.74, 6) is -1.05. The predicted molar refractivity (Wildman–Crippen MR) is 141 cm³/mol. The number of carbonyl (C=O) groups is 4. The molecule has 4 N–H and O–H groups in total. The lowest BCUT2D eigenvalue weighted by atomic mass is 9.98. The molecule has 5 amide bonds. The zero-order valence-corrected chi connectivity index (χ0v) is 22.5. The zero-order valence-electron chi connectivity index (χ0n) is 20.2. The number of halogens is 2. The summed E-state index contributed by atoms with van der Waals surface area (Å²) in [6.07, 6.45) is 0.165. The van der Waals surface area contributed by atoms with Gasteiger partial charge in [0, 0.05) is 44.4 Å². The van der Waals surface area contributed by atoms with Gasteiger partial charge in [-0.1, -0.05) is 61.4 Å². The van der Waals surface area contributed by atoms with Crippen molar-refractivity contribution in [3.8, 4) is 0 Å². The topological polar surface area (TPSA) is 138 Å². The van der Waals surface area contributed by atoms with Crippen LogP contribution in [-0.2, 0) is 15.0 Å². The van der Waals surface area contributed by atoms with E-state index in [1.807, 2.05) is 20.8 Å². The van der Waals surface area contributed by atoms with Crippen LogP contribution in [0.15, 0.2) is 18.2 Å². The molecule has 0 bridgehead atoms. The van der Waals surface area contributed by atoms with Gasteiger partial charge in [-0.05, 0) is 12.1 Å². The molecule has 3 rings (SSSR count). The van der Waals surface area contributed by atoms with Crippen molar-refractivity contribution >= 4 is 69.0 Å². The fourth-order valence-electron chi connectivity index (χ4n) is 3.43. The molecule has 1 aromatic carbocycles. The Balaban J connectivity index is 1.80. The Morgan fingerprint density at radius 3 is 2.53 bits per heavy atom. The van der Waals surface area contributed by atoms with Gasteiger partial charge in [0.2, 0.25) is 11.8 Å². The molecule has 0 spiro atoms. The van der Waals surface area contributed by atoms with Crippen molar-refractivity contribution < 1.29 is 19.2 Å². The van der Waals surface area contributed by atoms with E-state index in [2.05, 4.69) is 15.6 Å². The molecule has 0 unspecified atom stereocenters. The Kier molecular flexibility index (Phi) is 8.80. The van der Waals surface area contributed by atoms with E-state index in [-0.39, 0.29) is 66.1 Å². The molecule has 1 fully saturated rings. The number of amides is 5. The summed E-state index contributed by atoms with van der Waals surface area (Å²) in [5, 5.41) is 6.78. The summed E-state index contributed by atoms with van der Waals surface area (Å²) >= 11 is 13.4. The van der Waals surface area contributed by atoms with Crippen molar-refractivity contribution in [3.05, 3.63) is 38.9 Å². The maximum atomic E-state index is 13.5. The lowest BCUT2D eigenvalue weighted by Gasteiger charge is -2.21. The van der Waals surface area contributed by atoms with E-state index in [0.29, 0.717) is 15.7 Å². The average molecular weight is 555 g/mol. The van der Waals surface area contributed by atoms with Gasteiger partial charge in [0.1, 0.15) is 10.0 Å². The first-order chi connectivity index (χ1) is 16.9. The van der Waals surface area contributed by atoms with E-state index in [9.17, 15) is 19.2 Å². The molecular formula is C23H28Cl2N6O4S. The summed E-state index contributed by atoms with van der Waals surface area (Å²) < 4.78 is 0. The van der Waals surface area contributed by atoms with Gasteiger partial charge in [-0.2, -0.15) is 0 Å². The second kappa shape index (κ2) is 11.4.